The van der Waals surface area contributed by atoms with Crippen molar-refractivity contribution in [2.45, 2.75) is 51.4 Å². The van der Waals surface area contributed by atoms with Crippen LogP contribution in [0.2, 0.25) is 0 Å². The second-order valence-electron chi connectivity index (χ2n) is 5.95. The van der Waals surface area contributed by atoms with Crippen LogP contribution in [0.15, 0.2) is 12.2 Å². The molecule has 3 heteroatoms. The van der Waals surface area contributed by atoms with Crippen molar-refractivity contribution < 1.29 is 14.3 Å². The summed E-state index contributed by atoms with van der Waals surface area (Å²) in [6.07, 6.45) is 7.63. The van der Waals surface area contributed by atoms with E-state index in [2.05, 4.69) is 6.92 Å². The molecule has 2 heterocycles. The average Bonchev–Trinajstić information content (AvgIpc) is 2.67. The zero-order valence-corrected chi connectivity index (χ0v) is 10.6. The number of hydrogen-bond donors (Lipinski definition) is 0. The maximum absolute atomic E-state index is 11.9. The van der Waals surface area contributed by atoms with Crippen LogP contribution in [-0.4, -0.2) is 24.3 Å². The molecular weight excluding hydrogens is 216 g/mol. The van der Waals surface area contributed by atoms with Crippen LogP contribution in [0.1, 0.15) is 39.5 Å². The van der Waals surface area contributed by atoms with E-state index in [4.69, 9.17) is 9.47 Å². The first-order valence-electron chi connectivity index (χ1n) is 6.56. The van der Waals surface area contributed by atoms with E-state index in [0.717, 1.165) is 32.3 Å². The lowest BCUT2D eigenvalue weighted by atomic mass is 9.76. The summed E-state index contributed by atoms with van der Waals surface area (Å²) >= 11 is 0. The lowest BCUT2D eigenvalue weighted by Gasteiger charge is -2.30. The van der Waals surface area contributed by atoms with E-state index >= 15 is 0 Å². The molecule has 0 saturated carbocycles. The first-order valence-corrected chi connectivity index (χ1v) is 6.56. The highest BCUT2D eigenvalue weighted by Crippen LogP contribution is 2.55. The molecule has 0 N–H and O–H groups in total. The number of ether oxygens (including phenoxy) is 2. The van der Waals surface area contributed by atoms with Crippen molar-refractivity contribution in [3.05, 3.63) is 12.2 Å². The van der Waals surface area contributed by atoms with Crippen molar-refractivity contribution >= 4 is 5.78 Å². The third-order valence-corrected chi connectivity index (χ3v) is 4.90. The minimum absolute atomic E-state index is 0.0442. The highest BCUT2D eigenvalue weighted by atomic mass is 16.7. The Morgan fingerprint density at radius 3 is 2.94 bits per heavy atom. The molecule has 94 valence electrons. The van der Waals surface area contributed by atoms with Gasteiger partial charge in [-0.15, -0.1) is 0 Å². The van der Waals surface area contributed by atoms with Crippen LogP contribution in [-0.2, 0) is 14.3 Å². The minimum Gasteiger partial charge on any atom is -0.350 e. The van der Waals surface area contributed by atoms with E-state index in [1.165, 1.54) is 0 Å². The lowest BCUT2D eigenvalue weighted by molar-refractivity contribution is -0.222. The Morgan fingerprint density at radius 2 is 2.24 bits per heavy atom. The van der Waals surface area contributed by atoms with Gasteiger partial charge in [-0.3, -0.25) is 4.79 Å². The van der Waals surface area contributed by atoms with Gasteiger partial charge in [0.1, 0.15) is 0 Å². The molecule has 3 rings (SSSR count). The van der Waals surface area contributed by atoms with E-state index in [1.54, 1.807) is 6.08 Å². The zero-order valence-electron chi connectivity index (χ0n) is 10.6. The third kappa shape index (κ3) is 1.59. The van der Waals surface area contributed by atoms with Crippen molar-refractivity contribution in [2.75, 3.05) is 6.61 Å². The van der Waals surface area contributed by atoms with Crippen LogP contribution >= 0.6 is 0 Å². The summed E-state index contributed by atoms with van der Waals surface area (Å²) in [4.78, 5) is 11.9. The van der Waals surface area contributed by atoms with Gasteiger partial charge in [-0.25, -0.2) is 0 Å². The molecule has 17 heavy (non-hydrogen) atoms. The zero-order chi connectivity index (χ0) is 12.1. The molecule has 0 bridgehead atoms. The van der Waals surface area contributed by atoms with Crippen molar-refractivity contribution in [3.8, 4) is 0 Å². The molecule has 3 aliphatic rings. The number of rotatable bonds is 1. The Hall–Kier alpha value is -0.670. The number of ketones is 1. The predicted molar refractivity (Wildman–Crippen MR) is 63.4 cm³/mol. The van der Waals surface area contributed by atoms with Crippen LogP contribution in [0, 0.1) is 11.3 Å². The molecule has 1 unspecified atom stereocenters. The molecule has 2 fully saturated rings. The largest absolute Gasteiger partial charge is 0.350 e. The van der Waals surface area contributed by atoms with Gasteiger partial charge in [-0.2, -0.15) is 0 Å². The van der Waals surface area contributed by atoms with E-state index in [1.807, 2.05) is 13.0 Å². The maximum Gasteiger partial charge on any atom is 0.171 e. The molecule has 0 aromatic carbocycles. The Kier molecular flexibility index (Phi) is 2.46. The van der Waals surface area contributed by atoms with E-state index in [0.29, 0.717) is 0 Å². The van der Waals surface area contributed by atoms with Gasteiger partial charge in [0.05, 0.1) is 12.7 Å². The first-order chi connectivity index (χ1) is 8.04. The van der Waals surface area contributed by atoms with E-state index < -0.39 is 5.79 Å². The summed E-state index contributed by atoms with van der Waals surface area (Å²) in [5.41, 5.74) is 0.0824. The van der Waals surface area contributed by atoms with Gasteiger partial charge < -0.3 is 9.47 Å². The van der Waals surface area contributed by atoms with Crippen molar-refractivity contribution in [2.24, 2.45) is 11.3 Å². The van der Waals surface area contributed by atoms with Crippen LogP contribution in [0.4, 0.5) is 0 Å². The molecule has 0 spiro atoms. The number of fused-ring (bicyclic) bond motifs is 1. The van der Waals surface area contributed by atoms with Gasteiger partial charge in [0, 0.05) is 11.3 Å². The fourth-order valence-corrected chi connectivity index (χ4v) is 3.45. The number of carbonyl (C=O) groups is 1. The number of allylic oxidation sites excluding steroid dienone is 2. The monoisotopic (exact) mass is 236 g/mol. The topological polar surface area (TPSA) is 35.5 Å². The summed E-state index contributed by atoms with van der Waals surface area (Å²) in [7, 11) is 0. The summed E-state index contributed by atoms with van der Waals surface area (Å²) in [6, 6.07) is 0. The number of hydrogen-bond acceptors (Lipinski definition) is 3. The van der Waals surface area contributed by atoms with Crippen molar-refractivity contribution in [3.63, 3.8) is 0 Å². The SMILES string of the molecule is C[C@]12CCO[C@@]1(C)O[C@H](C1CCC=CC1=O)C2. The van der Waals surface area contributed by atoms with Gasteiger partial charge in [0.15, 0.2) is 11.6 Å². The standard InChI is InChI=1S/C14H20O3/c1-13-7-8-16-14(13,2)17-12(9-13)10-5-3-4-6-11(10)15/h4,6,10,12H,3,5,7-9H2,1-2H3/t10?,12-,13+,14-/m0/s1. The molecule has 1 aliphatic carbocycles. The van der Waals surface area contributed by atoms with Crippen LogP contribution in [0.25, 0.3) is 0 Å². The van der Waals surface area contributed by atoms with Crippen LogP contribution in [0.5, 0.6) is 0 Å². The van der Waals surface area contributed by atoms with E-state index in [9.17, 15) is 4.79 Å². The molecular formula is C14H20O3. The first kappa shape index (κ1) is 11.4. The van der Waals surface area contributed by atoms with Gasteiger partial charge in [0.25, 0.3) is 0 Å². The highest BCUT2D eigenvalue weighted by Gasteiger charge is 2.59. The second-order valence-corrected chi connectivity index (χ2v) is 5.95. The summed E-state index contributed by atoms with van der Waals surface area (Å²) < 4.78 is 11.9. The smallest absolute Gasteiger partial charge is 0.171 e. The Labute approximate surface area is 102 Å². The number of carbonyl (C=O) groups excluding carboxylic acids is 1. The van der Waals surface area contributed by atoms with Crippen molar-refractivity contribution in [1.29, 1.82) is 0 Å². The fourth-order valence-electron chi connectivity index (χ4n) is 3.45. The van der Waals surface area contributed by atoms with Gasteiger partial charge in [-0.05, 0) is 38.7 Å². The predicted octanol–water partition coefficient (Wildman–Crippen LogP) is 2.45. The van der Waals surface area contributed by atoms with Crippen LogP contribution < -0.4 is 0 Å². The van der Waals surface area contributed by atoms with E-state index in [-0.39, 0.29) is 23.2 Å². The quantitative estimate of drug-likeness (QED) is 0.701. The maximum atomic E-state index is 11.9. The van der Waals surface area contributed by atoms with Crippen LogP contribution in [0.3, 0.4) is 0 Å². The Balaban J connectivity index is 1.80. The molecule has 2 saturated heterocycles. The lowest BCUT2D eigenvalue weighted by Crippen LogP contribution is -2.37. The third-order valence-electron chi connectivity index (χ3n) is 4.90. The summed E-state index contributed by atoms with van der Waals surface area (Å²) in [6.45, 7) is 5.03. The fraction of sp³-hybridized carbons (Fsp3) is 0.786. The summed E-state index contributed by atoms with van der Waals surface area (Å²) in [5, 5.41) is 0. The minimum atomic E-state index is -0.473. The molecule has 0 amide bonds. The van der Waals surface area contributed by atoms with Gasteiger partial charge in [0.2, 0.25) is 0 Å². The van der Waals surface area contributed by atoms with Gasteiger partial charge >= 0.3 is 0 Å². The Morgan fingerprint density at radius 1 is 1.41 bits per heavy atom. The average molecular weight is 236 g/mol. The second kappa shape index (κ2) is 3.66. The molecule has 0 radical (unpaired) electrons. The van der Waals surface area contributed by atoms with Crippen molar-refractivity contribution in [1.82, 2.24) is 0 Å². The normalized spacial score (nSPS) is 49.6. The molecule has 0 aromatic rings. The summed E-state index contributed by atoms with van der Waals surface area (Å²) in [5.74, 6) is -0.199. The highest BCUT2D eigenvalue weighted by molar-refractivity contribution is 5.92. The molecule has 4 atom stereocenters. The molecule has 0 aromatic heterocycles. The van der Waals surface area contributed by atoms with Gasteiger partial charge in [-0.1, -0.05) is 13.0 Å². The molecule has 3 nitrogen and oxygen atoms in total. The Bertz CT molecular complexity index is 358. The molecule has 2 aliphatic heterocycles.